The van der Waals surface area contributed by atoms with Gasteiger partial charge in [-0.1, -0.05) is 6.92 Å². The number of benzene rings is 1. The number of nitrogens with one attached hydrogen (secondary N) is 2. The molecular formula is C15H18N2O4. The Labute approximate surface area is 122 Å². The number of carbonyl (C=O) groups is 2. The Hall–Kier alpha value is -2.50. The molecule has 0 saturated heterocycles. The third-order valence-corrected chi connectivity index (χ3v) is 3.37. The average molecular weight is 290 g/mol. The summed E-state index contributed by atoms with van der Waals surface area (Å²) < 4.78 is 5.17. The highest BCUT2D eigenvalue weighted by atomic mass is 16.5. The summed E-state index contributed by atoms with van der Waals surface area (Å²) >= 11 is 0. The van der Waals surface area contributed by atoms with Crippen molar-refractivity contribution in [3.63, 3.8) is 0 Å². The predicted octanol–water partition coefficient (Wildman–Crippen LogP) is 1.70. The normalized spacial score (nSPS) is 12.1. The van der Waals surface area contributed by atoms with Gasteiger partial charge in [-0.3, -0.25) is 4.79 Å². The molecule has 6 nitrogen and oxygen atoms in total. The number of H-pyrrole nitrogens is 1. The second-order valence-electron chi connectivity index (χ2n) is 4.77. The standard InChI is InChI=1S/C15H18N2O4/c1-3-12(15(19)20)17-14(18)6-9-8-16-13-5-4-10(21-2)7-11(9)13/h4-5,7-8,12,16H,3,6H2,1-2H3,(H,17,18)(H,19,20). The van der Waals surface area contributed by atoms with Gasteiger partial charge in [0.2, 0.25) is 5.91 Å². The third kappa shape index (κ3) is 3.34. The summed E-state index contributed by atoms with van der Waals surface area (Å²) in [5.41, 5.74) is 1.71. The Kier molecular flexibility index (Phi) is 4.47. The summed E-state index contributed by atoms with van der Waals surface area (Å²) in [5, 5.41) is 12.4. The molecule has 0 saturated carbocycles. The number of rotatable bonds is 6. The predicted molar refractivity (Wildman–Crippen MR) is 78.4 cm³/mol. The molecule has 1 unspecified atom stereocenters. The van der Waals surface area contributed by atoms with E-state index in [-0.39, 0.29) is 12.3 Å². The molecule has 0 bridgehead atoms. The van der Waals surface area contributed by atoms with Crippen LogP contribution in [0.25, 0.3) is 10.9 Å². The van der Waals surface area contributed by atoms with Crippen molar-refractivity contribution in [1.82, 2.24) is 10.3 Å². The van der Waals surface area contributed by atoms with E-state index >= 15 is 0 Å². The van der Waals surface area contributed by atoms with Gasteiger partial charge in [-0.2, -0.15) is 0 Å². The Bertz CT molecular complexity index is 663. The molecule has 0 fully saturated rings. The Morgan fingerprint density at radius 3 is 2.81 bits per heavy atom. The highest BCUT2D eigenvalue weighted by Crippen LogP contribution is 2.23. The first-order valence-electron chi connectivity index (χ1n) is 6.71. The zero-order valence-electron chi connectivity index (χ0n) is 12.0. The van der Waals surface area contributed by atoms with E-state index in [4.69, 9.17) is 9.84 Å². The van der Waals surface area contributed by atoms with E-state index in [9.17, 15) is 9.59 Å². The Morgan fingerprint density at radius 2 is 2.19 bits per heavy atom. The van der Waals surface area contributed by atoms with Gasteiger partial charge in [0.25, 0.3) is 0 Å². The highest BCUT2D eigenvalue weighted by molar-refractivity contribution is 5.91. The van der Waals surface area contributed by atoms with Crippen LogP contribution in [0.4, 0.5) is 0 Å². The molecule has 1 atom stereocenters. The lowest BCUT2D eigenvalue weighted by Gasteiger charge is -2.11. The van der Waals surface area contributed by atoms with Crippen LogP contribution in [0.15, 0.2) is 24.4 Å². The van der Waals surface area contributed by atoms with Gasteiger partial charge in [-0.05, 0) is 30.2 Å². The van der Waals surface area contributed by atoms with Gasteiger partial charge in [0, 0.05) is 17.1 Å². The van der Waals surface area contributed by atoms with E-state index in [1.54, 1.807) is 20.2 Å². The summed E-state index contributed by atoms with van der Waals surface area (Å²) in [6.45, 7) is 1.72. The molecule has 1 amide bonds. The van der Waals surface area contributed by atoms with Crippen molar-refractivity contribution < 1.29 is 19.4 Å². The fraction of sp³-hybridized carbons (Fsp3) is 0.333. The monoisotopic (exact) mass is 290 g/mol. The van der Waals surface area contributed by atoms with Crippen molar-refractivity contribution in [2.24, 2.45) is 0 Å². The van der Waals surface area contributed by atoms with E-state index in [1.807, 2.05) is 18.2 Å². The quantitative estimate of drug-likeness (QED) is 0.755. The van der Waals surface area contributed by atoms with Gasteiger partial charge in [-0.25, -0.2) is 4.79 Å². The Balaban J connectivity index is 2.15. The van der Waals surface area contributed by atoms with Gasteiger partial charge >= 0.3 is 5.97 Å². The van der Waals surface area contributed by atoms with Gasteiger partial charge in [0.05, 0.1) is 13.5 Å². The molecule has 0 aliphatic carbocycles. The maximum atomic E-state index is 12.0. The average Bonchev–Trinajstić information content (AvgIpc) is 2.86. The van der Waals surface area contributed by atoms with Crippen molar-refractivity contribution in [1.29, 1.82) is 0 Å². The first kappa shape index (κ1) is 14.9. The molecule has 3 N–H and O–H groups in total. The maximum absolute atomic E-state index is 12.0. The summed E-state index contributed by atoms with van der Waals surface area (Å²) in [7, 11) is 1.58. The zero-order valence-corrected chi connectivity index (χ0v) is 12.0. The number of aliphatic carboxylic acids is 1. The van der Waals surface area contributed by atoms with Crippen molar-refractivity contribution >= 4 is 22.8 Å². The van der Waals surface area contributed by atoms with Crippen LogP contribution in [0.1, 0.15) is 18.9 Å². The molecular weight excluding hydrogens is 272 g/mol. The van der Waals surface area contributed by atoms with Gasteiger partial charge in [0.1, 0.15) is 11.8 Å². The molecule has 0 spiro atoms. The summed E-state index contributed by atoms with van der Waals surface area (Å²) in [4.78, 5) is 26.0. The number of aromatic amines is 1. The second kappa shape index (κ2) is 6.30. The van der Waals surface area contributed by atoms with Crippen molar-refractivity contribution in [2.45, 2.75) is 25.8 Å². The number of amides is 1. The van der Waals surface area contributed by atoms with Crippen LogP contribution < -0.4 is 10.1 Å². The van der Waals surface area contributed by atoms with Gasteiger partial charge < -0.3 is 20.1 Å². The molecule has 6 heteroatoms. The second-order valence-corrected chi connectivity index (χ2v) is 4.77. The molecule has 1 aromatic carbocycles. The molecule has 2 aromatic rings. The lowest BCUT2D eigenvalue weighted by Crippen LogP contribution is -2.40. The van der Waals surface area contributed by atoms with E-state index in [0.29, 0.717) is 12.2 Å². The van der Waals surface area contributed by atoms with E-state index < -0.39 is 12.0 Å². The largest absolute Gasteiger partial charge is 0.497 e. The van der Waals surface area contributed by atoms with Crippen LogP contribution in [0.3, 0.4) is 0 Å². The van der Waals surface area contributed by atoms with Crippen LogP contribution in [-0.2, 0) is 16.0 Å². The SMILES string of the molecule is CCC(NC(=O)Cc1c[nH]c2ccc(OC)cc12)C(=O)O. The number of carbonyl (C=O) groups excluding carboxylic acids is 1. The number of carboxylic acids is 1. The molecule has 21 heavy (non-hydrogen) atoms. The number of carboxylic acid groups (broad SMARTS) is 1. The highest BCUT2D eigenvalue weighted by Gasteiger charge is 2.18. The van der Waals surface area contributed by atoms with Crippen LogP contribution in [0.2, 0.25) is 0 Å². The minimum Gasteiger partial charge on any atom is -0.497 e. The molecule has 112 valence electrons. The maximum Gasteiger partial charge on any atom is 0.326 e. The summed E-state index contributed by atoms with van der Waals surface area (Å²) in [6.07, 6.45) is 2.23. The van der Waals surface area contributed by atoms with E-state index in [2.05, 4.69) is 10.3 Å². The molecule has 2 rings (SSSR count). The number of fused-ring (bicyclic) bond motifs is 1. The number of ether oxygens (including phenoxy) is 1. The van der Waals surface area contributed by atoms with Gasteiger partial charge in [-0.15, -0.1) is 0 Å². The minimum atomic E-state index is -1.02. The van der Waals surface area contributed by atoms with Gasteiger partial charge in [0.15, 0.2) is 0 Å². The zero-order chi connectivity index (χ0) is 15.4. The third-order valence-electron chi connectivity index (χ3n) is 3.37. The summed E-state index contributed by atoms with van der Waals surface area (Å²) in [5.74, 6) is -0.625. The van der Waals surface area contributed by atoms with Crippen LogP contribution in [0.5, 0.6) is 5.75 Å². The van der Waals surface area contributed by atoms with Crippen LogP contribution in [0, 0.1) is 0 Å². The molecule has 1 heterocycles. The Morgan fingerprint density at radius 1 is 1.43 bits per heavy atom. The fourth-order valence-electron chi connectivity index (χ4n) is 2.19. The first-order valence-corrected chi connectivity index (χ1v) is 6.71. The molecule has 1 aromatic heterocycles. The van der Waals surface area contributed by atoms with Crippen LogP contribution >= 0.6 is 0 Å². The number of hydrogen-bond acceptors (Lipinski definition) is 3. The molecule has 0 aliphatic rings. The van der Waals surface area contributed by atoms with Crippen LogP contribution in [-0.4, -0.2) is 35.1 Å². The smallest absolute Gasteiger partial charge is 0.326 e. The van der Waals surface area contributed by atoms with E-state index in [1.165, 1.54) is 0 Å². The van der Waals surface area contributed by atoms with Crippen molar-refractivity contribution in [3.05, 3.63) is 30.0 Å². The topological polar surface area (TPSA) is 91.4 Å². The number of aromatic nitrogens is 1. The summed E-state index contributed by atoms with van der Waals surface area (Å²) in [6, 6.07) is 4.71. The lowest BCUT2D eigenvalue weighted by atomic mass is 10.1. The lowest BCUT2D eigenvalue weighted by molar-refractivity contribution is -0.141. The number of methoxy groups -OCH3 is 1. The molecule has 0 radical (unpaired) electrons. The fourth-order valence-corrected chi connectivity index (χ4v) is 2.19. The van der Waals surface area contributed by atoms with E-state index in [0.717, 1.165) is 16.5 Å². The van der Waals surface area contributed by atoms with Crippen molar-refractivity contribution in [2.75, 3.05) is 7.11 Å². The van der Waals surface area contributed by atoms with Crippen molar-refractivity contribution in [3.8, 4) is 5.75 Å². The number of hydrogen-bond donors (Lipinski definition) is 3. The molecule has 0 aliphatic heterocycles. The minimum absolute atomic E-state index is 0.122. The first-order chi connectivity index (χ1) is 10.0.